The summed E-state index contributed by atoms with van der Waals surface area (Å²) < 4.78 is 124. The highest BCUT2D eigenvalue weighted by molar-refractivity contribution is 6.17. The number of amides is 7. The number of benzene rings is 6. The lowest BCUT2D eigenvalue weighted by atomic mass is 10.0. The Morgan fingerprint density at radius 2 is 0.707 bits per heavy atom. The summed E-state index contributed by atoms with van der Waals surface area (Å²) in [5.41, 5.74) is 9.62. The molecule has 12 aromatic rings. The number of likely N-dealkylation sites (N-methyl/N-ethyl adjacent to an activating group) is 1. The van der Waals surface area contributed by atoms with Crippen LogP contribution in [0.2, 0.25) is 0 Å². The van der Waals surface area contributed by atoms with Crippen molar-refractivity contribution in [3.8, 4) is 33.8 Å². The topological polar surface area (TPSA) is 294 Å². The summed E-state index contributed by atoms with van der Waals surface area (Å²) in [5.74, 6) is -2.54. The number of aryl methyl sites for hydroxylation is 1. The average molecular weight is 1940 g/mol. The third-order valence-corrected chi connectivity index (χ3v) is 24.3. The van der Waals surface area contributed by atoms with Gasteiger partial charge in [0.2, 0.25) is 5.91 Å². The van der Waals surface area contributed by atoms with Gasteiger partial charge in [-0.2, -0.15) is 39.5 Å². The van der Waals surface area contributed by atoms with Crippen LogP contribution in [0.4, 0.5) is 73.6 Å². The summed E-state index contributed by atoms with van der Waals surface area (Å²) in [5, 5.41) is 17.0. The van der Waals surface area contributed by atoms with Crippen molar-refractivity contribution >= 4 is 87.1 Å². The molecule has 35 heteroatoms. The summed E-state index contributed by atoms with van der Waals surface area (Å²) >= 11 is 5.90. The van der Waals surface area contributed by atoms with Gasteiger partial charge in [0.05, 0.1) is 94.4 Å². The van der Waals surface area contributed by atoms with Gasteiger partial charge in [0.25, 0.3) is 35.4 Å². The van der Waals surface area contributed by atoms with Gasteiger partial charge in [-0.05, 0) is 245 Å². The summed E-state index contributed by atoms with van der Waals surface area (Å²) in [4.78, 5) is 130. The zero-order valence-electron chi connectivity index (χ0n) is 77.1. The van der Waals surface area contributed by atoms with Crippen molar-refractivity contribution in [2.75, 3.05) is 110 Å². The van der Waals surface area contributed by atoms with E-state index in [0.717, 1.165) is 156 Å². The van der Waals surface area contributed by atoms with Crippen molar-refractivity contribution in [3.05, 3.63) is 321 Å². The van der Waals surface area contributed by atoms with Gasteiger partial charge in [-0.1, -0.05) is 67.9 Å². The zero-order valence-corrected chi connectivity index (χ0v) is 77.8. The number of anilines is 6. The maximum Gasteiger partial charge on any atom is 0.416 e. The molecule has 728 valence electrons. The van der Waals surface area contributed by atoms with Crippen molar-refractivity contribution in [1.29, 1.82) is 0 Å². The lowest BCUT2D eigenvalue weighted by Gasteiger charge is -2.29. The van der Waals surface area contributed by atoms with E-state index in [1.165, 1.54) is 80.0 Å². The molecule has 0 radical (unpaired) electrons. The molecule has 4 fully saturated rings. The molecule has 140 heavy (non-hydrogen) atoms. The Morgan fingerprint density at radius 1 is 0.379 bits per heavy atom. The second-order valence-electron chi connectivity index (χ2n) is 34.2. The van der Waals surface area contributed by atoms with E-state index in [4.69, 9.17) is 16.3 Å². The van der Waals surface area contributed by atoms with Crippen molar-refractivity contribution in [2.24, 2.45) is 0 Å². The van der Waals surface area contributed by atoms with Crippen LogP contribution in [0.3, 0.4) is 0 Å². The summed E-state index contributed by atoms with van der Waals surface area (Å²) in [6.07, 6.45) is 2.68. The predicted octanol–water partition coefficient (Wildman–Crippen LogP) is 20.0. The molecule has 0 atom stereocenters. The molecule has 4 saturated heterocycles. The van der Waals surface area contributed by atoms with Crippen molar-refractivity contribution in [1.82, 2.24) is 55.7 Å². The smallest absolute Gasteiger partial charge is 0.379 e. The fourth-order valence-corrected chi connectivity index (χ4v) is 16.7. The van der Waals surface area contributed by atoms with Crippen LogP contribution in [0, 0.1) is 0 Å². The number of halogens is 10. The second kappa shape index (κ2) is 47.7. The number of nitrogens with zero attached hydrogens (tertiary/aromatic N) is 11. The minimum atomic E-state index is -4.49. The number of nitrogens with one attached hydrogen (secondary N) is 6. The highest BCUT2D eigenvalue weighted by Crippen LogP contribution is 2.39. The Bertz CT molecular complexity index is 6380. The van der Waals surface area contributed by atoms with Crippen LogP contribution in [0.5, 0.6) is 0 Å². The summed E-state index contributed by atoms with van der Waals surface area (Å²) in [7, 11) is 1.71. The molecule has 4 aliphatic rings. The van der Waals surface area contributed by atoms with Gasteiger partial charge in [-0.25, -0.2) is 15.0 Å². The highest BCUT2D eigenvalue weighted by atomic mass is 35.5. The SMILES string of the molecule is CCCc1cccc(C(=O)Nc2ccc(N3CCCCC3)cc2-c2cc(C(=O)NCc3cccc(C(F)(F)F)c3)ccn2)n1.CN(Cc1cccc(C(=O)Nc2ccc(N3CCCCC3)cc2-c2cc(C(=O)NCc3cccc(C(F)(F)F)c3)ccn2)n1)C(=O)CN1CCOCC1.O=C(NCc1cccc(C(F)(F)F)c1)c1ccnc(-c2cc(N3CCCCC3)ccc2NC(=O)c2cccc(CCl)n2)c1. The maximum atomic E-state index is 13.7. The number of carbonyl (C=O) groups excluding carboxylic acids is 7. The quantitative estimate of drug-likeness (QED) is 0.0196. The monoisotopic (exact) mass is 1940 g/mol. The number of carbonyl (C=O) groups is 7. The van der Waals surface area contributed by atoms with Gasteiger partial charge in [-0.15, -0.1) is 11.6 Å². The van der Waals surface area contributed by atoms with Gasteiger partial charge in [0.15, 0.2) is 0 Å². The minimum Gasteiger partial charge on any atom is -0.379 e. The molecule has 25 nitrogen and oxygen atoms in total. The third kappa shape index (κ3) is 28.2. The molecule has 7 amide bonds. The number of ether oxygens (including phenoxy) is 1. The molecular weight excluding hydrogens is 1830 g/mol. The average Bonchev–Trinajstić information content (AvgIpc) is 0.800. The van der Waals surface area contributed by atoms with E-state index in [1.54, 1.807) is 84.7 Å². The van der Waals surface area contributed by atoms with Crippen LogP contribution in [0.1, 0.15) is 184 Å². The van der Waals surface area contributed by atoms with Gasteiger partial charge < -0.3 is 56.2 Å². The Hall–Kier alpha value is -14.5. The molecule has 0 bridgehead atoms. The first kappa shape index (κ1) is 101. The first-order valence-corrected chi connectivity index (χ1v) is 46.8. The predicted molar refractivity (Wildman–Crippen MR) is 519 cm³/mol. The van der Waals surface area contributed by atoms with E-state index >= 15 is 0 Å². The molecule has 0 unspecified atom stereocenters. The van der Waals surface area contributed by atoms with E-state index in [0.29, 0.717) is 111 Å². The summed E-state index contributed by atoms with van der Waals surface area (Å²) in [6.45, 7) is 10.3. The van der Waals surface area contributed by atoms with Crippen molar-refractivity contribution in [3.63, 3.8) is 0 Å². The standard InChI is InChI=1S/C39H42F3N7O4.C34H34F3N5O2.C32H29ClF3N5O2/c1-47(36(50)26-48-17-19-53-20-18-48)25-30-9-6-10-34(45-30)38(52)46-33-12-11-31(49-15-3-2-4-16-49)23-32(33)35-22-28(13-14-43-35)37(51)44-24-27-7-5-8-29(21-27)39(40,41)42;1-2-8-26-11-7-12-30(40-26)33(44)41-29-14-13-27(42-17-4-3-5-18-42)21-28(29)31-20-24(15-16-38-31)32(43)39-22-23-9-6-10-25(19-23)34(35,36)37;33-19-24-8-5-9-28(39-24)31(43)40-27-11-10-25(41-14-2-1-3-15-41)18-26(27)29-17-22(12-13-37-29)30(42)38-20-21-6-4-7-23(16-21)32(34,35)36/h5-14,21-23H,2-4,15-20,24-26H2,1H3,(H,44,51)(H,46,52);6-7,9-16,19-21H,2-5,8,17-18,22H2,1H3,(H,39,43)(H,41,44);4-13,16-18H,1-3,14-15,19-20H2,(H,38,42)(H,40,43). The second-order valence-corrected chi connectivity index (χ2v) is 34.5. The Labute approximate surface area is 809 Å². The molecule has 0 spiro atoms. The van der Waals surface area contributed by atoms with Gasteiger partial charge in [0.1, 0.15) is 17.1 Å². The van der Waals surface area contributed by atoms with Crippen LogP contribution >= 0.6 is 11.6 Å². The number of hydrogen-bond donors (Lipinski definition) is 6. The molecule has 0 saturated carbocycles. The number of hydrogen-bond acceptors (Lipinski definition) is 18. The number of pyridine rings is 6. The first-order valence-electron chi connectivity index (χ1n) is 46.3. The number of rotatable bonds is 28. The van der Waals surface area contributed by atoms with Crippen LogP contribution < -0.4 is 46.6 Å². The normalized spacial score (nSPS) is 14.1. The number of aromatic nitrogens is 6. The first-order chi connectivity index (χ1) is 67.4. The zero-order chi connectivity index (χ0) is 98.9. The molecule has 10 heterocycles. The van der Waals surface area contributed by atoms with Crippen molar-refractivity contribution < 1.29 is 77.8 Å². The molecule has 0 aliphatic carbocycles. The van der Waals surface area contributed by atoms with Gasteiger partial charge in [-0.3, -0.25) is 53.4 Å². The van der Waals surface area contributed by atoms with Crippen molar-refractivity contribution in [2.45, 2.75) is 128 Å². The Morgan fingerprint density at radius 3 is 1.05 bits per heavy atom. The largest absolute Gasteiger partial charge is 0.416 e. The van der Waals surface area contributed by atoms with Crippen LogP contribution in [-0.4, -0.2) is 160 Å². The molecule has 16 rings (SSSR count). The summed E-state index contributed by atoms with van der Waals surface area (Å²) in [6, 6.07) is 56.6. The highest BCUT2D eigenvalue weighted by Gasteiger charge is 2.34. The molecule has 6 aromatic heterocycles. The van der Waals surface area contributed by atoms with Gasteiger partial charge in [0, 0.05) is 154 Å². The molecule has 4 aliphatic heterocycles. The molecule has 6 N–H and O–H groups in total. The number of piperidine rings is 3. The maximum absolute atomic E-state index is 13.7. The lowest BCUT2D eigenvalue weighted by Crippen LogP contribution is -2.43. The van der Waals surface area contributed by atoms with Crippen LogP contribution in [0.25, 0.3) is 33.8 Å². The fraction of sp³-hybridized carbons (Fsp3) is 0.305. The Balaban J connectivity index is 0.000000168. The van der Waals surface area contributed by atoms with E-state index in [-0.39, 0.29) is 78.5 Å². The van der Waals surface area contributed by atoms with Gasteiger partial charge >= 0.3 is 18.5 Å². The number of morpholine rings is 1. The minimum absolute atomic E-state index is 0.0546. The van der Waals surface area contributed by atoms with E-state index in [1.807, 2.05) is 65.6 Å². The third-order valence-electron chi connectivity index (χ3n) is 24.0. The van der Waals surface area contributed by atoms with E-state index in [9.17, 15) is 73.1 Å². The van der Waals surface area contributed by atoms with Crippen LogP contribution in [-0.2, 0) is 66.5 Å². The van der Waals surface area contributed by atoms with Crippen LogP contribution in [0.15, 0.2) is 237 Å². The lowest BCUT2D eigenvalue weighted by molar-refractivity contribution is -0.138. The fourth-order valence-electron chi connectivity index (χ4n) is 16.5. The molecule has 6 aromatic carbocycles. The Kier molecular flexibility index (Phi) is 34.6. The number of alkyl halides is 10. The molecular formula is C105H105ClF9N17O8. The van der Waals surface area contributed by atoms with E-state index in [2.05, 4.69) is 83.4 Å². The van der Waals surface area contributed by atoms with E-state index < -0.39 is 64.8 Å².